The minimum absolute atomic E-state index is 0.0625. The maximum Gasteiger partial charge on any atom is 0.303 e. The van der Waals surface area contributed by atoms with Crippen molar-refractivity contribution in [1.82, 2.24) is 0 Å². The summed E-state index contributed by atoms with van der Waals surface area (Å²) in [4.78, 5) is 23.0. The van der Waals surface area contributed by atoms with Gasteiger partial charge in [0.05, 0.1) is 11.3 Å². The van der Waals surface area contributed by atoms with Gasteiger partial charge >= 0.3 is 5.97 Å². The van der Waals surface area contributed by atoms with Crippen molar-refractivity contribution in [3.05, 3.63) is 33.2 Å². The molecule has 2 aromatic heterocycles. The molecule has 5 heteroatoms. The molecule has 0 unspecified atom stereocenters. The number of carboxylic acids is 1. The van der Waals surface area contributed by atoms with Gasteiger partial charge in [0.25, 0.3) is 0 Å². The molecular weight excluding hydrogens is 256 g/mol. The van der Waals surface area contributed by atoms with Crippen molar-refractivity contribution in [3.8, 4) is 11.1 Å². The number of carboxylic acid groups (broad SMARTS) is 1. The van der Waals surface area contributed by atoms with Crippen LogP contribution < -0.4 is 0 Å². The van der Waals surface area contributed by atoms with Gasteiger partial charge in [-0.3, -0.25) is 9.59 Å². The van der Waals surface area contributed by atoms with Crippen LogP contribution in [0.1, 0.15) is 22.5 Å². The van der Waals surface area contributed by atoms with Crippen molar-refractivity contribution in [2.24, 2.45) is 0 Å². The molecule has 0 atom stereocenters. The van der Waals surface area contributed by atoms with Crippen LogP contribution in [-0.4, -0.2) is 16.9 Å². The average molecular weight is 266 g/mol. The van der Waals surface area contributed by atoms with Crippen LogP contribution in [0.25, 0.3) is 11.1 Å². The highest BCUT2D eigenvalue weighted by atomic mass is 32.1. The van der Waals surface area contributed by atoms with Crippen LogP contribution in [0.2, 0.25) is 0 Å². The Bertz CT molecular complexity index is 526. The first-order valence-electron chi connectivity index (χ1n) is 5.03. The monoisotopic (exact) mass is 266 g/mol. The molecule has 2 heterocycles. The standard InChI is InChI=1S/C12H10O3S2/c13-10(1-2-11(14)15)12-9(4-6-17-12)8-3-5-16-7-8/h3-7H,1-2H2,(H,14,15). The maximum absolute atomic E-state index is 11.9. The first-order valence-corrected chi connectivity index (χ1v) is 6.86. The van der Waals surface area contributed by atoms with Crippen molar-refractivity contribution in [2.45, 2.75) is 12.8 Å². The van der Waals surface area contributed by atoms with E-state index in [1.54, 1.807) is 11.3 Å². The molecule has 0 radical (unpaired) electrons. The Kier molecular flexibility index (Phi) is 3.71. The molecule has 1 N–H and O–H groups in total. The Labute approximate surface area is 106 Å². The average Bonchev–Trinajstić information content (AvgIpc) is 2.94. The third-order valence-electron chi connectivity index (χ3n) is 2.32. The molecular formula is C12H10O3S2. The Morgan fingerprint density at radius 3 is 2.65 bits per heavy atom. The van der Waals surface area contributed by atoms with Gasteiger partial charge in [0, 0.05) is 12.0 Å². The highest BCUT2D eigenvalue weighted by molar-refractivity contribution is 7.12. The Morgan fingerprint density at radius 2 is 2.00 bits per heavy atom. The van der Waals surface area contributed by atoms with Gasteiger partial charge in [-0.15, -0.1) is 11.3 Å². The lowest BCUT2D eigenvalue weighted by Crippen LogP contribution is -2.03. The molecule has 3 nitrogen and oxygen atoms in total. The van der Waals surface area contributed by atoms with E-state index in [4.69, 9.17) is 5.11 Å². The lowest BCUT2D eigenvalue weighted by atomic mass is 10.1. The fourth-order valence-corrected chi connectivity index (χ4v) is 3.05. The fraction of sp³-hybridized carbons (Fsp3) is 0.167. The molecule has 0 saturated heterocycles. The molecule has 2 aromatic rings. The van der Waals surface area contributed by atoms with Gasteiger partial charge in [-0.25, -0.2) is 0 Å². The number of ketones is 1. The summed E-state index contributed by atoms with van der Waals surface area (Å²) in [7, 11) is 0. The molecule has 88 valence electrons. The second-order valence-electron chi connectivity index (χ2n) is 3.49. The Morgan fingerprint density at radius 1 is 1.18 bits per heavy atom. The smallest absolute Gasteiger partial charge is 0.303 e. The van der Waals surface area contributed by atoms with E-state index in [1.165, 1.54) is 11.3 Å². The molecule has 0 aromatic carbocycles. The third kappa shape index (κ3) is 2.81. The number of carbonyl (C=O) groups is 2. The molecule has 0 bridgehead atoms. The van der Waals surface area contributed by atoms with Crippen molar-refractivity contribution in [1.29, 1.82) is 0 Å². The predicted molar refractivity (Wildman–Crippen MR) is 68.8 cm³/mol. The fourth-order valence-electron chi connectivity index (χ4n) is 1.50. The first kappa shape index (κ1) is 12.0. The van der Waals surface area contributed by atoms with E-state index in [1.807, 2.05) is 28.3 Å². The van der Waals surface area contributed by atoms with Gasteiger partial charge in [0.2, 0.25) is 0 Å². The van der Waals surface area contributed by atoms with E-state index >= 15 is 0 Å². The second kappa shape index (κ2) is 5.25. The van der Waals surface area contributed by atoms with E-state index in [0.717, 1.165) is 11.1 Å². The molecule has 17 heavy (non-hydrogen) atoms. The zero-order valence-corrected chi connectivity index (χ0v) is 10.5. The Balaban J connectivity index is 2.19. The van der Waals surface area contributed by atoms with Crippen molar-refractivity contribution < 1.29 is 14.7 Å². The maximum atomic E-state index is 11.9. The van der Waals surface area contributed by atoms with Crippen LogP contribution in [-0.2, 0) is 4.79 Å². The molecule has 0 aliphatic heterocycles. The number of hydrogen-bond donors (Lipinski definition) is 1. The quantitative estimate of drug-likeness (QED) is 0.842. The zero-order chi connectivity index (χ0) is 12.3. The minimum atomic E-state index is -0.938. The van der Waals surface area contributed by atoms with Crippen LogP contribution in [0.4, 0.5) is 0 Å². The SMILES string of the molecule is O=C(O)CCC(=O)c1sccc1-c1ccsc1. The summed E-state index contributed by atoms with van der Waals surface area (Å²) in [5, 5.41) is 14.4. The van der Waals surface area contributed by atoms with Gasteiger partial charge < -0.3 is 5.11 Å². The summed E-state index contributed by atoms with van der Waals surface area (Å²) in [6.45, 7) is 0. The highest BCUT2D eigenvalue weighted by Gasteiger charge is 2.15. The molecule has 0 aliphatic rings. The summed E-state index contributed by atoms with van der Waals surface area (Å²) in [6.07, 6.45) is -0.0488. The van der Waals surface area contributed by atoms with Crippen molar-refractivity contribution >= 4 is 34.4 Å². The van der Waals surface area contributed by atoms with Crippen LogP contribution in [0.5, 0.6) is 0 Å². The molecule has 0 saturated carbocycles. The second-order valence-corrected chi connectivity index (χ2v) is 5.19. The number of aliphatic carboxylic acids is 1. The molecule has 0 spiro atoms. The molecule has 2 rings (SSSR count). The topological polar surface area (TPSA) is 54.4 Å². The number of rotatable bonds is 5. The number of carbonyl (C=O) groups excluding carboxylic acids is 1. The largest absolute Gasteiger partial charge is 0.481 e. The first-order chi connectivity index (χ1) is 8.18. The van der Waals surface area contributed by atoms with E-state index < -0.39 is 5.97 Å². The van der Waals surface area contributed by atoms with E-state index in [-0.39, 0.29) is 18.6 Å². The highest BCUT2D eigenvalue weighted by Crippen LogP contribution is 2.30. The third-order valence-corrected chi connectivity index (χ3v) is 3.96. The number of thiophene rings is 2. The van der Waals surface area contributed by atoms with Gasteiger partial charge in [-0.2, -0.15) is 11.3 Å². The van der Waals surface area contributed by atoms with E-state index in [2.05, 4.69) is 0 Å². The van der Waals surface area contributed by atoms with Gasteiger partial charge in [0.1, 0.15) is 0 Å². The molecule has 0 amide bonds. The molecule has 0 aliphatic carbocycles. The predicted octanol–water partition coefficient (Wildman–Crippen LogP) is 3.52. The van der Waals surface area contributed by atoms with E-state index in [9.17, 15) is 9.59 Å². The summed E-state index contributed by atoms with van der Waals surface area (Å²) in [5.74, 6) is -1.03. The summed E-state index contributed by atoms with van der Waals surface area (Å²) >= 11 is 2.95. The van der Waals surface area contributed by atoms with Crippen molar-refractivity contribution in [2.75, 3.05) is 0 Å². The van der Waals surface area contributed by atoms with Crippen LogP contribution >= 0.6 is 22.7 Å². The van der Waals surface area contributed by atoms with Gasteiger partial charge in [0.15, 0.2) is 5.78 Å². The minimum Gasteiger partial charge on any atom is -0.481 e. The summed E-state index contributed by atoms with van der Waals surface area (Å²) < 4.78 is 0. The normalized spacial score (nSPS) is 10.4. The molecule has 0 fully saturated rings. The number of Topliss-reactive ketones (excluding diaryl/α,β-unsaturated/α-hetero) is 1. The van der Waals surface area contributed by atoms with Crippen molar-refractivity contribution in [3.63, 3.8) is 0 Å². The lowest BCUT2D eigenvalue weighted by Gasteiger charge is -2.00. The van der Waals surface area contributed by atoms with Crippen LogP contribution in [0.15, 0.2) is 28.3 Å². The van der Waals surface area contributed by atoms with E-state index in [0.29, 0.717) is 4.88 Å². The Hall–Kier alpha value is -1.46. The number of hydrogen-bond acceptors (Lipinski definition) is 4. The lowest BCUT2D eigenvalue weighted by molar-refractivity contribution is -0.136. The summed E-state index contributed by atoms with van der Waals surface area (Å²) in [6, 6.07) is 3.86. The van der Waals surface area contributed by atoms with Crippen LogP contribution in [0, 0.1) is 0 Å². The van der Waals surface area contributed by atoms with Gasteiger partial charge in [-0.05, 0) is 33.8 Å². The van der Waals surface area contributed by atoms with Gasteiger partial charge in [-0.1, -0.05) is 0 Å². The zero-order valence-electron chi connectivity index (χ0n) is 8.88. The van der Waals surface area contributed by atoms with Crippen LogP contribution in [0.3, 0.4) is 0 Å². The summed E-state index contributed by atoms with van der Waals surface area (Å²) in [5.41, 5.74) is 1.93.